The van der Waals surface area contributed by atoms with Crippen LogP contribution < -0.4 is 16.4 Å². The van der Waals surface area contributed by atoms with E-state index in [-0.39, 0.29) is 18.7 Å². The van der Waals surface area contributed by atoms with Crippen LogP contribution in [0.5, 0.6) is 0 Å². The molecule has 1 rings (SSSR count). The van der Waals surface area contributed by atoms with Crippen molar-refractivity contribution >= 4 is 29.3 Å². The lowest BCUT2D eigenvalue weighted by atomic mass is 10.2. The summed E-state index contributed by atoms with van der Waals surface area (Å²) >= 11 is 0. The molecule has 3 amide bonds. The maximum absolute atomic E-state index is 11.6. The van der Waals surface area contributed by atoms with E-state index in [2.05, 4.69) is 10.6 Å². The fourth-order valence-corrected chi connectivity index (χ4v) is 1.56. The first-order valence-electron chi connectivity index (χ1n) is 6.15. The second-order valence-electron chi connectivity index (χ2n) is 4.22. The van der Waals surface area contributed by atoms with Gasteiger partial charge < -0.3 is 21.5 Å². The molecule has 0 saturated carbocycles. The summed E-state index contributed by atoms with van der Waals surface area (Å²) in [6, 6.07) is 5.86. The van der Waals surface area contributed by atoms with E-state index in [4.69, 9.17) is 10.8 Å². The van der Waals surface area contributed by atoms with Gasteiger partial charge in [-0.25, -0.2) is 4.79 Å². The third kappa shape index (κ3) is 6.39. The van der Waals surface area contributed by atoms with Crippen LogP contribution in [0.3, 0.4) is 0 Å². The van der Waals surface area contributed by atoms with Gasteiger partial charge in [0.2, 0.25) is 5.91 Å². The molecule has 0 bridgehead atoms. The number of rotatable bonds is 7. The van der Waals surface area contributed by atoms with Crippen LogP contribution in [0.25, 0.3) is 0 Å². The Balaban J connectivity index is 2.34. The number of hydrogen-bond donors (Lipinski definition) is 4. The van der Waals surface area contributed by atoms with E-state index in [0.29, 0.717) is 24.2 Å². The highest BCUT2D eigenvalue weighted by Crippen LogP contribution is 2.14. The highest BCUT2D eigenvalue weighted by atomic mass is 16.4. The number of nitrogens with one attached hydrogen (secondary N) is 2. The van der Waals surface area contributed by atoms with E-state index in [1.807, 2.05) is 0 Å². The van der Waals surface area contributed by atoms with Gasteiger partial charge >= 0.3 is 12.0 Å². The average molecular weight is 279 g/mol. The van der Waals surface area contributed by atoms with Gasteiger partial charge in [-0.3, -0.25) is 9.59 Å². The average Bonchev–Trinajstić information content (AvgIpc) is 2.36. The summed E-state index contributed by atoms with van der Waals surface area (Å²) in [5, 5.41) is 13.6. The molecule has 20 heavy (non-hydrogen) atoms. The number of benzene rings is 1. The van der Waals surface area contributed by atoms with Crippen molar-refractivity contribution in [2.24, 2.45) is 5.73 Å². The summed E-state index contributed by atoms with van der Waals surface area (Å²) in [5.41, 5.74) is 6.11. The summed E-state index contributed by atoms with van der Waals surface area (Å²) in [6.07, 6.45) is 1.35. The largest absolute Gasteiger partial charge is 0.481 e. The fourth-order valence-electron chi connectivity index (χ4n) is 1.56. The van der Waals surface area contributed by atoms with Crippen molar-refractivity contribution in [3.05, 3.63) is 24.3 Å². The first kappa shape index (κ1) is 15.5. The van der Waals surface area contributed by atoms with Crippen LogP contribution in [-0.4, -0.2) is 23.0 Å². The van der Waals surface area contributed by atoms with Crippen molar-refractivity contribution in [2.75, 3.05) is 10.6 Å². The maximum Gasteiger partial charge on any atom is 0.316 e. The molecule has 108 valence electrons. The number of nitrogens with two attached hydrogens (primary N) is 1. The van der Waals surface area contributed by atoms with Gasteiger partial charge in [0.15, 0.2) is 0 Å². The molecule has 1 aromatic rings. The molecule has 0 fully saturated rings. The van der Waals surface area contributed by atoms with E-state index in [1.165, 1.54) is 0 Å². The number of carboxylic acid groups (broad SMARTS) is 1. The number of aliphatic carboxylic acids is 1. The Labute approximate surface area is 116 Å². The van der Waals surface area contributed by atoms with Crippen LogP contribution in [0.2, 0.25) is 0 Å². The number of hydrogen-bond acceptors (Lipinski definition) is 3. The molecule has 0 spiro atoms. The first-order chi connectivity index (χ1) is 9.47. The predicted molar refractivity (Wildman–Crippen MR) is 74.4 cm³/mol. The molecule has 1 aromatic carbocycles. The molecule has 5 N–H and O–H groups in total. The van der Waals surface area contributed by atoms with Crippen LogP contribution in [0.1, 0.15) is 25.7 Å². The van der Waals surface area contributed by atoms with Gasteiger partial charge in [-0.1, -0.05) is 0 Å². The highest BCUT2D eigenvalue weighted by molar-refractivity contribution is 5.91. The van der Waals surface area contributed by atoms with Crippen LogP contribution >= 0.6 is 0 Å². The zero-order chi connectivity index (χ0) is 15.0. The summed E-state index contributed by atoms with van der Waals surface area (Å²) in [6.45, 7) is 0. The first-order valence-corrected chi connectivity index (χ1v) is 6.15. The Bertz CT molecular complexity index is 485. The number of primary amides is 1. The summed E-state index contributed by atoms with van der Waals surface area (Å²) in [5.74, 6) is -1.03. The summed E-state index contributed by atoms with van der Waals surface area (Å²) < 4.78 is 0. The molecule has 0 aliphatic rings. The molecular weight excluding hydrogens is 262 g/mol. The molecule has 0 unspecified atom stereocenters. The number of amides is 3. The van der Waals surface area contributed by atoms with Crippen molar-refractivity contribution in [1.29, 1.82) is 0 Å². The highest BCUT2D eigenvalue weighted by Gasteiger charge is 2.04. The minimum absolute atomic E-state index is 0.0702. The van der Waals surface area contributed by atoms with E-state index in [9.17, 15) is 14.4 Å². The Hall–Kier alpha value is -2.57. The molecule has 0 aromatic heterocycles. The fraction of sp³-hybridized carbons (Fsp3) is 0.308. The van der Waals surface area contributed by atoms with Gasteiger partial charge in [0.25, 0.3) is 0 Å². The number of carboxylic acids is 1. The number of unbranched alkanes of at least 4 members (excludes halogenated alkanes) is 1. The zero-order valence-electron chi connectivity index (χ0n) is 10.9. The molecule has 0 aliphatic carbocycles. The Morgan fingerprint density at radius 2 is 1.45 bits per heavy atom. The standard InChI is InChI=1S/C13H17N3O4/c14-13(20)16-10-7-5-9(6-8-10)15-11(17)3-1-2-4-12(18)19/h5-8H,1-4H2,(H,15,17)(H,18,19)(H3,14,16,20). The summed E-state index contributed by atoms with van der Waals surface area (Å²) in [7, 11) is 0. The van der Waals surface area contributed by atoms with E-state index in [0.717, 1.165) is 0 Å². The maximum atomic E-state index is 11.6. The monoisotopic (exact) mass is 279 g/mol. The summed E-state index contributed by atoms with van der Waals surface area (Å²) in [4.78, 5) is 32.5. The lowest BCUT2D eigenvalue weighted by molar-refractivity contribution is -0.137. The Morgan fingerprint density at radius 3 is 1.95 bits per heavy atom. The number of anilines is 2. The van der Waals surface area contributed by atoms with Crippen molar-refractivity contribution in [3.63, 3.8) is 0 Å². The number of carbonyl (C=O) groups is 3. The SMILES string of the molecule is NC(=O)Nc1ccc(NC(=O)CCCCC(=O)O)cc1. The Morgan fingerprint density at radius 1 is 0.950 bits per heavy atom. The van der Waals surface area contributed by atoms with Crippen LogP contribution in [-0.2, 0) is 9.59 Å². The quantitative estimate of drug-likeness (QED) is 0.568. The molecule has 0 atom stereocenters. The number of carbonyl (C=O) groups excluding carboxylic acids is 2. The Kier molecular flexibility index (Phi) is 6.02. The van der Waals surface area contributed by atoms with Crippen LogP contribution in [0.15, 0.2) is 24.3 Å². The van der Waals surface area contributed by atoms with Crippen LogP contribution in [0, 0.1) is 0 Å². The smallest absolute Gasteiger partial charge is 0.316 e. The van der Waals surface area contributed by atoms with Crippen molar-refractivity contribution in [2.45, 2.75) is 25.7 Å². The zero-order valence-corrected chi connectivity index (χ0v) is 10.9. The topological polar surface area (TPSA) is 122 Å². The van der Waals surface area contributed by atoms with Gasteiger partial charge in [0.1, 0.15) is 0 Å². The van der Waals surface area contributed by atoms with Gasteiger partial charge in [0, 0.05) is 24.2 Å². The molecule has 7 nitrogen and oxygen atoms in total. The molecule has 0 heterocycles. The van der Waals surface area contributed by atoms with E-state index < -0.39 is 12.0 Å². The normalized spacial score (nSPS) is 9.80. The molecule has 0 aliphatic heterocycles. The second kappa shape index (κ2) is 7.78. The molecular formula is C13H17N3O4. The van der Waals surface area contributed by atoms with Gasteiger partial charge in [-0.05, 0) is 37.1 Å². The number of urea groups is 1. The third-order valence-corrected chi connectivity index (χ3v) is 2.48. The van der Waals surface area contributed by atoms with Crippen molar-refractivity contribution < 1.29 is 19.5 Å². The lowest BCUT2D eigenvalue weighted by Crippen LogP contribution is -2.19. The van der Waals surface area contributed by atoms with Gasteiger partial charge in [0.05, 0.1) is 0 Å². The van der Waals surface area contributed by atoms with Crippen molar-refractivity contribution in [1.82, 2.24) is 0 Å². The second-order valence-corrected chi connectivity index (χ2v) is 4.22. The van der Waals surface area contributed by atoms with E-state index in [1.54, 1.807) is 24.3 Å². The van der Waals surface area contributed by atoms with Gasteiger partial charge in [-0.2, -0.15) is 0 Å². The predicted octanol–water partition coefficient (Wildman–Crippen LogP) is 1.76. The third-order valence-electron chi connectivity index (χ3n) is 2.48. The lowest BCUT2D eigenvalue weighted by Gasteiger charge is -2.06. The minimum atomic E-state index is -0.858. The van der Waals surface area contributed by atoms with Gasteiger partial charge in [-0.15, -0.1) is 0 Å². The van der Waals surface area contributed by atoms with E-state index >= 15 is 0 Å². The minimum Gasteiger partial charge on any atom is -0.481 e. The molecule has 7 heteroatoms. The molecule has 0 radical (unpaired) electrons. The van der Waals surface area contributed by atoms with Crippen LogP contribution in [0.4, 0.5) is 16.2 Å². The molecule has 0 saturated heterocycles. The van der Waals surface area contributed by atoms with Crippen molar-refractivity contribution in [3.8, 4) is 0 Å².